The van der Waals surface area contributed by atoms with Gasteiger partial charge in [-0.15, -0.1) is 12.4 Å². The molecule has 0 atom stereocenters. The molecule has 0 saturated carbocycles. The second kappa shape index (κ2) is 6.67. The van der Waals surface area contributed by atoms with Crippen LogP contribution in [0, 0.1) is 5.92 Å². The van der Waals surface area contributed by atoms with Gasteiger partial charge in [0, 0.05) is 6.42 Å². The first-order valence-electron chi connectivity index (χ1n) is 5.66. The van der Waals surface area contributed by atoms with Crippen LogP contribution in [0.2, 0.25) is 0 Å². The standard InChI is InChI=1S/C12H17NO3.ClH/c1-15-12(14)10-4-7-16-11(10)8-9-2-5-13-6-3-9;/h4,7,9,13H,2-3,5-6,8H2,1H3;1H. The average molecular weight is 260 g/mol. The molecule has 1 N–H and O–H groups in total. The average Bonchev–Trinajstić information content (AvgIpc) is 2.77. The van der Waals surface area contributed by atoms with Crippen molar-refractivity contribution >= 4 is 18.4 Å². The van der Waals surface area contributed by atoms with E-state index < -0.39 is 0 Å². The number of piperidine rings is 1. The number of rotatable bonds is 3. The van der Waals surface area contributed by atoms with Crippen molar-refractivity contribution in [1.29, 1.82) is 0 Å². The summed E-state index contributed by atoms with van der Waals surface area (Å²) >= 11 is 0. The summed E-state index contributed by atoms with van der Waals surface area (Å²) in [5.74, 6) is 1.06. The number of furan rings is 1. The van der Waals surface area contributed by atoms with Crippen molar-refractivity contribution in [1.82, 2.24) is 5.32 Å². The molecule has 1 saturated heterocycles. The summed E-state index contributed by atoms with van der Waals surface area (Å²) in [4.78, 5) is 11.4. The van der Waals surface area contributed by atoms with E-state index in [2.05, 4.69) is 5.32 Å². The minimum Gasteiger partial charge on any atom is -0.468 e. The topological polar surface area (TPSA) is 51.5 Å². The first-order chi connectivity index (χ1) is 7.81. The van der Waals surface area contributed by atoms with E-state index >= 15 is 0 Å². The van der Waals surface area contributed by atoms with E-state index in [1.165, 1.54) is 7.11 Å². The van der Waals surface area contributed by atoms with Crippen LogP contribution in [0.15, 0.2) is 16.7 Å². The third kappa shape index (κ3) is 3.48. The summed E-state index contributed by atoms with van der Waals surface area (Å²) in [7, 11) is 1.39. The van der Waals surface area contributed by atoms with Crippen molar-refractivity contribution in [3.63, 3.8) is 0 Å². The third-order valence-corrected chi connectivity index (χ3v) is 3.08. The Hall–Kier alpha value is -1.00. The van der Waals surface area contributed by atoms with Crippen LogP contribution >= 0.6 is 12.4 Å². The van der Waals surface area contributed by atoms with Crippen molar-refractivity contribution in [3.8, 4) is 0 Å². The van der Waals surface area contributed by atoms with Gasteiger partial charge in [0.25, 0.3) is 0 Å². The Morgan fingerprint density at radius 2 is 2.24 bits per heavy atom. The Kier molecular flexibility index (Phi) is 5.51. The summed E-state index contributed by atoms with van der Waals surface area (Å²) in [6, 6.07) is 1.68. The maximum Gasteiger partial charge on any atom is 0.341 e. The molecular formula is C12H18ClNO3. The van der Waals surface area contributed by atoms with E-state index in [4.69, 9.17) is 9.15 Å². The fourth-order valence-corrected chi connectivity index (χ4v) is 2.14. The number of hydrogen-bond acceptors (Lipinski definition) is 4. The van der Waals surface area contributed by atoms with Gasteiger partial charge in [0.1, 0.15) is 11.3 Å². The molecule has 0 radical (unpaired) electrons. The van der Waals surface area contributed by atoms with Crippen LogP contribution in [-0.4, -0.2) is 26.2 Å². The molecule has 0 bridgehead atoms. The van der Waals surface area contributed by atoms with Crippen molar-refractivity contribution in [2.75, 3.05) is 20.2 Å². The number of hydrogen-bond donors (Lipinski definition) is 1. The maximum atomic E-state index is 11.4. The highest BCUT2D eigenvalue weighted by Crippen LogP contribution is 2.21. The fraction of sp³-hybridized carbons (Fsp3) is 0.583. The van der Waals surface area contributed by atoms with E-state index in [0.29, 0.717) is 11.5 Å². The number of carbonyl (C=O) groups excluding carboxylic acids is 1. The molecule has 1 aliphatic rings. The lowest BCUT2D eigenvalue weighted by Gasteiger charge is -2.21. The predicted molar refractivity (Wildman–Crippen MR) is 66.6 cm³/mol. The summed E-state index contributed by atoms with van der Waals surface area (Å²) in [5.41, 5.74) is 0.570. The van der Waals surface area contributed by atoms with E-state index in [9.17, 15) is 4.79 Å². The van der Waals surface area contributed by atoms with Crippen molar-refractivity contribution < 1.29 is 13.9 Å². The van der Waals surface area contributed by atoms with Gasteiger partial charge in [-0.3, -0.25) is 0 Å². The van der Waals surface area contributed by atoms with Crippen molar-refractivity contribution in [3.05, 3.63) is 23.7 Å². The van der Waals surface area contributed by atoms with Crippen LogP contribution in [0.5, 0.6) is 0 Å². The highest BCUT2D eigenvalue weighted by Gasteiger charge is 2.20. The Labute approximate surface area is 107 Å². The number of carbonyl (C=O) groups is 1. The van der Waals surface area contributed by atoms with Gasteiger partial charge in [0.15, 0.2) is 0 Å². The van der Waals surface area contributed by atoms with Gasteiger partial charge in [-0.1, -0.05) is 0 Å². The SMILES string of the molecule is COC(=O)c1ccoc1CC1CCNCC1.Cl. The van der Waals surface area contributed by atoms with E-state index in [0.717, 1.165) is 38.1 Å². The van der Waals surface area contributed by atoms with Crippen molar-refractivity contribution in [2.24, 2.45) is 5.92 Å². The minimum absolute atomic E-state index is 0. The molecule has 96 valence electrons. The molecule has 2 rings (SSSR count). The van der Waals surface area contributed by atoms with Crippen LogP contribution < -0.4 is 5.32 Å². The molecule has 0 spiro atoms. The molecule has 1 aliphatic heterocycles. The Morgan fingerprint density at radius 3 is 2.88 bits per heavy atom. The number of halogens is 1. The molecule has 17 heavy (non-hydrogen) atoms. The van der Waals surface area contributed by atoms with E-state index in [1.54, 1.807) is 12.3 Å². The molecule has 0 aromatic carbocycles. The summed E-state index contributed by atoms with van der Waals surface area (Å²) in [5, 5.41) is 3.32. The van der Waals surface area contributed by atoms with E-state index in [1.807, 2.05) is 0 Å². The fourth-order valence-electron chi connectivity index (χ4n) is 2.14. The second-order valence-corrected chi connectivity index (χ2v) is 4.15. The van der Waals surface area contributed by atoms with Crippen LogP contribution in [-0.2, 0) is 11.2 Å². The largest absolute Gasteiger partial charge is 0.468 e. The number of nitrogens with one attached hydrogen (secondary N) is 1. The summed E-state index contributed by atoms with van der Waals surface area (Å²) < 4.78 is 10.1. The van der Waals surface area contributed by atoms with Crippen molar-refractivity contribution in [2.45, 2.75) is 19.3 Å². The van der Waals surface area contributed by atoms with Gasteiger partial charge in [-0.05, 0) is 37.9 Å². The second-order valence-electron chi connectivity index (χ2n) is 4.15. The van der Waals surface area contributed by atoms with Gasteiger partial charge < -0.3 is 14.5 Å². The zero-order valence-electron chi connectivity index (χ0n) is 9.90. The molecule has 2 heterocycles. The number of methoxy groups -OCH3 is 1. The van der Waals surface area contributed by atoms with E-state index in [-0.39, 0.29) is 18.4 Å². The molecule has 0 unspecified atom stereocenters. The maximum absolute atomic E-state index is 11.4. The summed E-state index contributed by atoms with van der Waals surface area (Å²) in [6.45, 7) is 2.11. The quantitative estimate of drug-likeness (QED) is 0.844. The van der Waals surface area contributed by atoms with Gasteiger partial charge in [0.2, 0.25) is 0 Å². The number of ether oxygens (including phenoxy) is 1. The monoisotopic (exact) mass is 259 g/mol. The zero-order chi connectivity index (χ0) is 11.4. The molecule has 1 fully saturated rings. The smallest absolute Gasteiger partial charge is 0.341 e. The van der Waals surface area contributed by atoms with Crippen LogP contribution in [0.1, 0.15) is 29.0 Å². The lowest BCUT2D eigenvalue weighted by atomic mass is 9.92. The molecule has 5 heteroatoms. The molecule has 0 aliphatic carbocycles. The van der Waals surface area contributed by atoms with Gasteiger partial charge in [0.05, 0.1) is 13.4 Å². The van der Waals surface area contributed by atoms with Crippen LogP contribution in [0.4, 0.5) is 0 Å². The Morgan fingerprint density at radius 1 is 1.53 bits per heavy atom. The normalized spacial score (nSPS) is 16.3. The lowest BCUT2D eigenvalue weighted by molar-refractivity contribution is 0.0597. The number of esters is 1. The summed E-state index contributed by atoms with van der Waals surface area (Å²) in [6.07, 6.45) is 4.67. The lowest BCUT2D eigenvalue weighted by Crippen LogP contribution is -2.28. The van der Waals surface area contributed by atoms with Gasteiger partial charge in [-0.2, -0.15) is 0 Å². The molecule has 1 aromatic heterocycles. The Balaban J connectivity index is 0.00000144. The third-order valence-electron chi connectivity index (χ3n) is 3.08. The Bertz CT molecular complexity index is 358. The van der Waals surface area contributed by atoms with Gasteiger partial charge in [-0.25, -0.2) is 4.79 Å². The molecule has 1 aromatic rings. The zero-order valence-corrected chi connectivity index (χ0v) is 10.7. The minimum atomic E-state index is -0.308. The molecule has 4 nitrogen and oxygen atoms in total. The first kappa shape index (κ1) is 14.1. The van der Waals surface area contributed by atoms with Gasteiger partial charge >= 0.3 is 5.97 Å². The van der Waals surface area contributed by atoms with Crippen LogP contribution in [0.25, 0.3) is 0 Å². The van der Waals surface area contributed by atoms with Crippen LogP contribution in [0.3, 0.4) is 0 Å². The first-order valence-corrected chi connectivity index (χ1v) is 5.66. The highest BCUT2D eigenvalue weighted by molar-refractivity contribution is 5.90. The molecular weight excluding hydrogens is 242 g/mol. The predicted octanol–water partition coefficient (Wildman–Crippen LogP) is 2.03. The molecule has 0 amide bonds. The highest BCUT2D eigenvalue weighted by atomic mass is 35.5.